The molecular formula is C22H23F2N3S. The molecule has 1 aliphatic rings. The van der Waals surface area contributed by atoms with E-state index < -0.39 is 11.6 Å². The van der Waals surface area contributed by atoms with Gasteiger partial charge in [-0.05, 0) is 67.2 Å². The van der Waals surface area contributed by atoms with Crippen LogP contribution in [-0.2, 0) is 25.8 Å². The summed E-state index contributed by atoms with van der Waals surface area (Å²) in [7, 11) is 0. The third kappa shape index (κ3) is 4.23. The van der Waals surface area contributed by atoms with Gasteiger partial charge >= 0.3 is 0 Å². The Hall–Kier alpha value is -2.31. The van der Waals surface area contributed by atoms with Crippen LogP contribution in [0.2, 0.25) is 0 Å². The summed E-state index contributed by atoms with van der Waals surface area (Å²) in [5, 5.41) is 3.43. The van der Waals surface area contributed by atoms with Crippen LogP contribution < -0.4 is 5.32 Å². The van der Waals surface area contributed by atoms with Crippen molar-refractivity contribution in [2.75, 3.05) is 6.54 Å². The van der Waals surface area contributed by atoms with Gasteiger partial charge in [-0.3, -0.25) is 0 Å². The first-order valence-corrected chi connectivity index (χ1v) is 10.0. The zero-order chi connectivity index (χ0) is 19.5. The van der Waals surface area contributed by atoms with Gasteiger partial charge in [0, 0.05) is 30.5 Å². The fraction of sp³-hybridized carbons (Fsp3) is 0.318. The van der Waals surface area contributed by atoms with Crippen LogP contribution in [0.3, 0.4) is 0 Å². The summed E-state index contributed by atoms with van der Waals surface area (Å²) in [5.74, 6) is -0.952. The predicted octanol–water partition coefficient (Wildman–Crippen LogP) is 4.89. The van der Waals surface area contributed by atoms with Crippen molar-refractivity contribution in [2.24, 2.45) is 0 Å². The van der Waals surface area contributed by atoms with Gasteiger partial charge in [-0.2, -0.15) is 0 Å². The molecule has 0 aliphatic heterocycles. The lowest BCUT2D eigenvalue weighted by Crippen LogP contribution is -2.20. The molecule has 1 heterocycles. The quantitative estimate of drug-likeness (QED) is 0.457. The van der Waals surface area contributed by atoms with Crippen LogP contribution >= 0.6 is 12.2 Å². The molecule has 2 aromatic carbocycles. The first-order chi connectivity index (χ1) is 13.6. The van der Waals surface area contributed by atoms with Gasteiger partial charge in [-0.25, -0.2) is 8.78 Å². The fourth-order valence-corrected chi connectivity index (χ4v) is 4.28. The smallest absolute Gasteiger partial charge is 0.177 e. The summed E-state index contributed by atoms with van der Waals surface area (Å²) < 4.78 is 30.2. The monoisotopic (exact) mass is 399 g/mol. The lowest BCUT2D eigenvalue weighted by molar-refractivity contribution is 0.425. The molecule has 0 fully saturated rings. The Kier molecular flexibility index (Phi) is 5.69. The highest BCUT2D eigenvalue weighted by atomic mass is 32.1. The molecule has 3 nitrogen and oxygen atoms in total. The number of hydrogen-bond donors (Lipinski definition) is 2. The van der Waals surface area contributed by atoms with E-state index in [1.54, 1.807) is 0 Å². The number of H-pyrrole nitrogens is 1. The zero-order valence-corrected chi connectivity index (χ0v) is 16.4. The Labute approximate surface area is 168 Å². The molecule has 4 rings (SSSR count). The molecule has 0 amide bonds. The molecule has 6 heteroatoms. The van der Waals surface area contributed by atoms with E-state index in [-0.39, 0.29) is 6.04 Å². The van der Waals surface area contributed by atoms with E-state index >= 15 is 0 Å². The molecule has 1 aliphatic carbocycles. The first-order valence-electron chi connectivity index (χ1n) is 9.61. The van der Waals surface area contributed by atoms with Crippen molar-refractivity contribution >= 4 is 12.2 Å². The Balaban J connectivity index is 1.38. The molecule has 2 N–H and O–H groups in total. The minimum Gasteiger partial charge on any atom is -0.333 e. The number of nitrogens with one attached hydrogen (secondary N) is 2. The Bertz CT molecular complexity index is 1010. The normalized spacial score (nSPS) is 16.1. The second kappa shape index (κ2) is 8.37. The maximum Gasteiger partial charge on any atom is 0.177 e. The van der Waals surface area contributed by atoms with E-state index in [0.29, 0.717) is 29.7 Å². The van der Waals surface area contributed by atoms with E-state index in [4.69, 9.17) is 12.2 Å². The molecule has 0 spiro atoms. The average molecular weight is 400 g/mol. The lowest BCUT2D eigenvalue weighted by atomic mass is 9.87. The van der Waals surface area contributed by atoms with Crippen molar-refractivity contribution in [2.45, 2.75) is 38.3 Å². The number of imidazole rings is 1. The molecular weight excluding hydrogens is 376 g/mol. The lowest BCUT2D eigenvalue weighted by Gasteiger charge is -2.26. The number of aromatic amines is 1. The summed E-state index contributed by atoms with van der Waals surface area (Å²) in [6.45, 7) is 1.58. The highest BCUT2D eigenvalue weighted by Gasteiger charge is 2.24. The Morgan fingerprint density at radius 1 is 1.18 bits per heavy atom. The number of nitrogens with zero attached hydrogens (tertiary/aromatic N) is 1. The van der Waals surface area contributed by atoms with E-state index in [2.05, 4.69) is 22.4 Å². The highest BCUT2D eigenvalue weighted by Crippen LogP contribution is 2.31. The molecule has 0 radical (unpaired) electrons. The molecule has 146 valence electrons. The van der Waals surface area contributed by atoms with Crippen LogP contribution in [0.5, 0.6) is 0 Å². The van der Waals surface area contributed by atoms with Crippen molar-refractivity contribution in [3.05, 3.63) is 87.5 Å². The molecule has 0 saturated heterocycles. The highest BCUT2D eigenvalue weighted by molar-refractivity contribution is 7.71. The predicted molar refractivity (Wildman–Crippen MR) is 109 cm³/mol. The SMILES string of the molecule is Fc1cc(F)c2c(c1)CC(n1cc(CNCCc3ccccc3)[nH]c1=S)CC2. The van der Waals surface area contributed by atoms with Gasteiger partial charge in [0.05, 0.1) is 0 Å². The van der Waals surface area contributed by atoms with Crippen LogP contribution in [0.25, 0.3) is 0 Å². The minimum absolute atomic E-state index is 0.121. The number of halogens is 2. The van der Waals surface area contributed by atoms with Crippen molar-refractivity contribution in [3.8, 4) is 0 Å². The first kappa shape index (κ1) is 19.0. The van der Waals surface area contributed by atoms with Crippen LogP contribution in [0.4, 0.5) is 8.78 Å². The summed E-state index contributed by atoms with van der Waals surface area (Å²) in [6, 6.07) is 12.9. The van der Waals surface area contributed by atoms with Gasteiger partial charge in [-0.15, -0.1) is 0 Å². The van der Waals surface area contributed by atoms with Crippen molar-refractivity contribution < 1.29 is 8.78 Å². The second-order valence-electron chi connectivity index (χ2n) is 7.33. The molecule has 28 heavy (non-hydrogen) atoms. The van der Waals surface area contributed by atoms with Crippen LogP contribution in [-0.4, -0.2) is 16.1 Å². The third-order valence-electron chi connectivity index (χ3n) is 5.37. The number of aromatic nitrogens is 2. The van der Waals surface area contributed by atoms with Gasteiger partial charge < -0.3 is 14.9 Å². The van der Waals surface area contributed by atoms with Crippen LogP contribution in [0.1, 0.15) is 34.8 Å². The Morgan fingerprint density at radius 2 is 2.00 bits per heavy atom. The van der Waals surface area contributed by atoms with E-state index in [0.717, 1.165) is 36.7 Å². The molecule has 0 saturated carbocycles. The number of rotatable bonds is 6. The summed E-state index contributed by atoms with van der Waals surface area (Å²) in [6.07, 6.45) is 4.99. The van der Waals surface area contributed by atoms with Crippen LogP contribution in [0, 0.1) is 16.4 Å². The third-order valence-corrected chi connectivity index (χ3v) is 5.69. The van der Waals surface area contributed by atoms with Crippen molar-refractivity contribution in [3.63, 3.8) is 0 Å². The number of benzene rings is 2. The van der Waals surface area contributed by atoms with Gasteiger partial charge in [0.15, 0.2) is 4.77 Å². The summed E-state index contributed by atoms with van der Waals surface area (Å²) >= 11 is 5.49. The topological polar surface area (TPSA) is 32.8 Å². The molecule has 1 aromatic heterocycles. The van der Waals surface area contributed by atoms with Gasteiger partial charge in [0.1, 0.15) is 11.6 Å². The van der Waals surface area contributed by atoms with E-state index in [1.807, 2.05) is 29.0 Å². The standard InChI is InChI=1S/C22H23F2N3S/c23-17-10-16-11-19(6-7-20(16)21(24)12-17)27-14-18(26-22(27)28)13-25-9-8-15-4-2-1-3-5-15/h1-5,10,12,14,19,25H,6-9,11,13H2,(H,26,28). The van der Waals surface area contributed by atoms with Crippen molar-refractivity contribution in [1.29, 1.82) is 0 Å². The maximum absolute atomic E-state index is 14.0. The molecule has 3 aromatic rings. The second-order valence-corrected chi connectivity index (χ2v) is 7.71. The molecule has 1 atom stereocenters. The summed E-state index contributed by atoms with van der Waals surface area (Å²) in [4.78, 5) is 3.25. The van der Waals surface area contributed by atoms with Crippen molar-refractivity contribution in [1.82, 2.24) is 14.9 Å². The van der Waals surface area contributed by atoms with E-state index in [1.165, 1.54) is 11.6 Å². The Morgan fingerprint density at radius 3 is 2.82 bits per heavy atom. The molecule has 1 unspecified atom stereocenters. The van der Waals surface area contributed by atoms with Gasteiger partial charge in [-0.1, -0.05) is 30.3 Å². The van der Waals surface area contributed by atoms with Crippen LogP contribution in [0.15, 0.2) is 48.7 Å². The average Bonchev–Trinajstić information content (AvgIpc) is 3.06. The van der Waals surface area contributed by atoms with Gasteiger partial charge in [0.25, 0.3) is 0 Å². The van der Waals surface area contributed by atoms with Gasteiger partial charge in [0.2, 0.25) is 0 Å². The zero-order valence-electron chi connectivity index (χ0n) is 15.6. The minimum atomic E-state index is -0.516. The number of fused-ring (bicyclic) bond motifs is 1. The molecule has 0 bridgehead atoms. The summed E-state index contributed by atoms with van der Waals surface area (Å²) in [5.41, 5.74) is 3.72. The number of hydrogen-bond acceptors (Lipinski definition) is 2. The fourth-order valence-electron chi connectivity index (χ4n) is 3.95. The maximum atomic E-state index is 14.0. The van der Waals surface area contributed by atoms with E-state index in [9.17, 15) is 8.78 Å². The largest absolute Gasteiger partial charge is 0.333 e.